The van der Waals surface area contributed by atoms with Gasteiger partial charge in [0.2, 0.25) is 0 Å². The summed E-state index contributed by atoms with van der Waals surface area (Å²) in [5.41, 5.74) is 1.07. The Hall–Kier alpha value is -2.24. The Morgan fingerprint density at radius 1 is 1.32 bits per heavy atom. The summed E-state index contributed by atoms with van der Waals surface area (Å²) in [7, 11) is 5.18. The van der Waals surface area contributed by atoms with Gasteiger partial charge in [-0.2, -0.15) is 4.99 Å². The van der Waals surface area contributed by atoms with E-state index in [4.69, 9.17) is 9.47 Å². The minimum absolute atomic E-state index is 0.274. The standard InChI is InChI=1S/C16H23N3O3/c1-19-10-4-5-15(19)18-16(20)17-9-8-12-6-7-13(21-2)14(11-12)22-3/h6-7,11H,4-5,8-10H2,1-3H3,(H,17,20)/b18-15-. The van der Waals surface area contributed by atoms with E-state index in [-0.39, 0.29) is 6.03 Å². The summed E-state index contributed by atoms with van der Waals surface area (Å²) in [6, 6.07) is 5.47. The molecule has 6 nitrogen and oxygen atoms in total. The van der Waals surface area contributed by atoms with E-state index < -0.39 is 0 Å². The zero-order valence-electron chi connectivity index (χ0n) is 13.4. The van der Waals surface area contributed by atoms with E-state index in [0.717, 1.165) is 30.8 Å². The Labute approximate surface area is 131 Å². The second-order valence-corrected chi connectivity index (χ2v) is 5.22. The maximum Gasteiger partial charge on any atom is 0.342 e. The van der Waals surface area contributed by atoms with Crippen LogP contribution in [0.3, 0.4) is 0 Å². The van der Waals surface area contributed by atoms with Gasteiger partial charge >= 0.3 is 6.03 Å². The van der Waals surface area contributed by atoms with E-state index >= 15 is 0 Å². The lowest BCUT2D eigenvalue weighted by molar-refractivity contribution is 0.249. The van der Waals surface area contributed by atoms with Gasteiger partial charge in [-0.3, -0.25) is 0 Å². The first-order valence-electron chi connectivity index (χ1n) is 7.41. The maximum atomic E-state index is 11.8. The van der Waals surface area contributed by atoms with Crippen LogP contribution in [0.4, 0.5) is 4.79 Å². The van der Waals surface area contributed by atoms with Crippen LogP contribution in [-0.4, -0.2) is 51.1 Å². The number of hydrogen-bond acceptors (Lipinski definition) is 3. The molecule has 1 saturated heterocycles. The molecule has 0 aromatic heterocycles. The molecule has 0 unspecified atom stereocenters. The summed E-state index contributed by atoms with van der Waals surface area (Å²) in [5, 5.41) is 2.82. The molecule has 0 spiro atoms. The number of urea groups is 1. The number of hydrogen-bond donors (Lipinski definition) is 1. The Morgan fingerprint density at radius 3 is 2.73 bits per heavy atom. The number of rotatable bonds is 5. The molecule has 1 aliphatic heterocycles. The Morgan fingerprint density at radius 2 is 2.09 bits per heavy atom. The molecule has 0 atom stereocenters. The van der Waals surface area contributed by atoms with Gasteiger partial charge in [-0.15, -0.1) is 0 Å². The molecule has 0 radical (unpaired) electrons. The molecular weight excluding hydrogens is 282 g/mol. The van der Waals surface area contributed by atoms with Crippen molar-refractivity contribution in [3.8, 4) is 11.5 Å². The normalized spacial score (nSPS) is 16.0. The number of carbonyl (C=O) groups is 1. The van der Waals surface area contributed by atoms with Crippen molar-refractivity contribution in [3.05, 3.63) is 23.8 Å². The SMILES string of the molecule is COc1ccc(CCNC(=O)/N=C2/CCCN2C)cc1OC. The molecule has 1 heterocycles. The quantitative estimate of drug-likeness (QED) is 0.904. The number of likely N-dealkylation sites (tertiary alicyclic amines) is 1. The predicted octanol–water partition coefficient (Wildman–Crippen LogP) is 2.08. The lowest BCUT2D eigenvalue weighted by Crippen LogP contribution is -2.26. The first-order valence-corrected chi connectivity index (χ1v) is 7.41. The van der Waals surface area contributed by atoms with Gasteiger partial charge in [0.15, 0.2) is 11.5 Å². The van der Waals surface area contributed by atoms with E-state index in [0.29, 0.717) is 24.5 Å². The molecule has 0 bridgehead atoms. The average Bonchev–Trinajstić information content (AvgIpc) is 2.92. The molecule has 2 amide bonds. The van der Waals surface area contributed by atoms with Gasteiger partial charge < -0.3 is 19.7 Å². The number of carbonyl (C=O) groups excluding carboxylic acids is 1. The number of ether oxygens (including phenoxy) is 2. The summed E-state index contributed by atoms with van der Waals surface area (Å²) >= 11 is 0. The van der Waals surface area contributed by atoms with Crippen LogP contribution in [0.5, 0.6) is 11.5 Å². The highest BCUT2D eigenvalue weighted by atomic mass is 16.5. The minimum atomic E-state index is -0.274. The number of nitrogens with one attached hydrogen (secondary N) is 1. The molecular formula is C16H23N3O3. The van der Waals surface area contributed by atoms with Crippen molar-refractivity contribution in [2.45, 2.75) is 19.3 Å². The molecule has 0 aliphatic carbocycles. The highest BCUT2D eigenvalue weighted by Gasteiger charge is 2.15. The summed E-state index contributed by atoms with van der Waals surface area (Å²) in [6.45, 7) is 1.51. The number of nitrogens with zero attached hydrogens (tertiary/aromatic N) is 2. The second-order valence-electron chi connectivity index (χ2n) is 5.22. The van der Waals surface area contributed by atoms with E-state index in [9.17, 15) is 4.79 Å². The average molecular weight is 305 g/mol. The molecule has 1 aromatic rings. The fraction of sp³-hybridized carbons (Fsp3) is 0.500. The molecule has 1 aromatic carbocycles. The van der Waals surface area contributed by atoms with E-state index in [1.54, 1.807) is 14.2 Å². The Kier molecular flexibility index (Phi) is 5.63. The lowest BCUT2D eigenvalue weighted by atomic mass is 10.1. The Bertz CT molecular complexity index is 558. The van der Waals surface area contributed by atoms with Crippen molar-refractivity contribution >= 4 is 11.9 Å². The van der Waals surface area contributed by atoms with Crippen molar-refractivity contribution < 1.29 is 14.3 Å². The van der Waals surface area contributed by atoms with Crippen molar-refractivity contribution in [2.75, 3.05) is 34.4 Å². The number of aliphatic imine (C=N–C) groups is 1. The molecule has 1 fully saturated rings. The molecule has 6 heteroatoms. The molecule has 0 saturated carbocycles. The summed E-state index contributed by atoms with van der Waals surface area (Å²) in [5.74, 6) is 2.26. The summed E-state index contributed by atoms with van der Waals surface area (Å²) in [6.07, 6.45) is 2.65. The van der Waals surface area contributed by atoms with Crippen LogP contribution in [0.15, 0.2) is 23.2 Å². The maximum absolute atomic E-state index is 11.8. The molecule has 120 valence electrons. The zero-order valence-corrected chi connectivity index (χ0v) is 13.4. The number of amidine groups is 1. The highest BCUT2D eigenvalue weighted by Crippen LogP contribution is 2.27. The fourth-order valence-electron chi connectivity index (χ4n) is 2.44. The van der Waals surface area contributed by atoms with Crippen LogP contribution < -0.4 is 14.8 Å². The monoisotopic (exact) mass is 305 g/mol. The van der Waals surface area contributed by atoms with Crippen LogP contribution in [0.25, 0.3) is 0 Å². The molecule has 1 N–H and O–H groups in total. The van der Waals surface area contributed by atoms with E-state index in [1.165, 1.54) is 0 Å². The van der Waals surface area contributed by atoms with Gasteiger partial charge in [-0.25, -0.2) is 4.79 Å². The third-order valence-corrected chi connectivity index (χ3v) is 3.70. The first kappa shape index (κ1) is 16.1. The van der Waals surface area contributed by atoms with E-state index in [2.05, 4.69) is 10.3 Å². The highest BCUT2D eigenvalue weighted by molar-refractivity contribution is 5.94. The largest absolute Gasteiger partial charge is 0.493 e. The van der Waals surface area contributed by atoms with E-state index in [1.807, 2.05) is 30.1 Å². The van der Waals surface area contributed by atoms with Gasteiger partial charge in [0.05, 0.1) is 14.2 Å². The Balaban J connectivity index is 1.84. The molecule has 2 rings (SSSR count). The van der Waals surface area contributed by atoms with Crippen molar-refractivity contribution in [1.29, 1.82) is 0 Å². The van der Waals surface area contributed by atoms with Crippen molar-refractivity contribution in [3.63, 3.8) is 0 Å². The van der Waals surface area contributed by atoms with Crippen LogP contribution >= 0.6 is 0 Å². The number of methoxy groups -OCH3 is 2. The number of amides is 2. The van der Waals surface area contributed by atoms with Crippen molar-refractivity contribution in [1.82, 2.24) is 10.2 Å². The summed E-state index contributed by atoms with van der Waals surface area (Å²) < 4.78 is 10.5. The summed E-state index contributed by atoms with van der Waals surface area (Å²) in [4.78, 5) is 17.9. The fourth-order valence-corrected chi connectivity index (χ4v) is 2.44. The molecule has 1 aliphatic rings. The van der Waals surface area contributed by atoms with Crippen LogP contribution in [0.2, 0.25) is 0 Å². The van der Waals surface area contributed by atoms with Crippen LogP contribution in [-0.2, 0) is 6.42 Å². The van der Waals surface area contributed by atoms with Gasteiger partial charge in [-0.05, 0) is 30.5 Å². The smallest absolute Gasteiger partial charge is 0.342 e. The first-order chi connectivity index (χ1) is 10.6. The zero-order chi connectivity index (χ0) is 15.9. The number of benzene rings is 1. The predicted molar refractivity (Wildman–Crippen MR) is 85.9 cm³/mol. The third kappa shape index (κ3) is 4.13. The topological polar surface area (TPSA) is 63.2 Å². The van der Waals surface area contributed by atoms with Crippen LogP contribution in [0.1, 0.15) is 18.4 Å². The molecule has 22 heavy (non-hydrogen) atoms. The lowest BCUT2D eigenvalue weighted by Gasteiger charge is -2.11. The van der Waals surface area contributed by atoms with Crippen molar-refractivity contribution in [2.24, 2.45) is 4.99 Å². The van der Waals surface area contributed by atoms with Crippen LogP contribution in [0, 0.1) is 0 Å². The third-order valence-electron chi connectivity index (χ3n) is 3.70. The van der Waals surface area contributed by atoms with Gasteiger partial charge in [0.1, 0.15) is 5.84 Å². The van der Waals surface area contributed by atoms with Gasteiger partial charge in [0.25, 0.3) is 0 Å². The second kappa shape index (κ2) is 7.68. The minimum Gasteiger partial charge on any atom is -0.493 e. The van der Waals surface area contributed by atoms with Gasteiger partial charge in [0, 0.05) is 26.6 Å². The van der Waals surface area contributed by atoms with Gasteiger partial charge in [-0.1, -0.05) is 6.07 Å².